The molecule has 0 heterocycles. The Balaban J connectivity index is 3.64. The largest absolute Gasteiger partial charge is 0.481 e. The zero-order valence-electron chi connectivity index (χ0n) is 37.0. The van der Waals surface area contributed by atoms with Crippen LogP contribution >= 0.6 is 0 Å². The Morgan fingerprint density at radius 2 is 0.803 bits per heavy atom. The summed E-state index contributed by atoms with van der Waals surface area (Å²) >= 11 is 0. The number of ether oxygens (including phenoxy) is 4. The maximum atomic E-state index is 12.3. The van der Waals surface area contributed by atoms with E-state index in [0.29, 0.717) is 32.4 Å². The summed E-state index contributed by atoms with van der Waals surface area (Å²) in [4.78, 5) is 82.0. The van der Waals surface area contributed by atoms with Gasteiger partial charge in [0, 0.05) is 51.9 Å². The van der Waals surface area contributed by atoms with Crippen molar-refractivity contribution >= 4 is 41.5 Å². The molecule has 18 nitrogen and oxygen atoms in total. The fourth-order valence-electron chi connectivity index (χ4n) is 5.94. The third-order valence-electron chi connectivity index (χ3n) is 9.44. The molecule has 0 aromatic carbocycles. The van der Waals surface area contributed by atoms with Crippen LogP contribution in [-0.4, -0.2) is 137 Å². The summed E-state index contributed by atoms with van der Waals surface area (Å²) in [5.41, 5.74) is 0. The SMILES string of the molecule is CCCCNC(=O)CCCNC(=O)COCCOCCNC(=O)COCCOCCNC(=O)CC[C@H](NC(=O)CCCCCCCCCCCCCCCCC(=O)O)C(=O)O. The van der Waals surface area contributed by atoms with Gasteiger partial charge in [0.1, 0.15) is 19.3 Å². The molecule has 1 atom stereocenters. The maximum Gasteiger partial charge on any atom is 0.326 e. The van der Waals surface area contributed by atoms with Crippen LogP contribution in [-0.2, 0) is 52.5 Å². The quantitative estimate of drug-likeness (QED) is 0.0431. The molecule has 0 aliphatic carbocycles. The second kappa shape index (κ2) is 42.8. The number of hydrogen-bond acceptors (Lipinski definition) is 11. The number of carboxylic acids is 2. The molecular weight excluding hydrogens is 794 g/mol. The molecule has 0 rings (SSSR count). The van der Waals surface area contributed by atoms with E-state index in [1.807, 2.05) is 0 Å². The summed E-state index contributed by atoms with van der Waals surface area (Å²) in [5.74, 6) is -3.19. The first-order valence-electron chi connectivity index (χ1n) is 22.7. The van der Waals surface area contributed by atoms with Crippen LogP contribution in [0, 0.1) is 0 Å². The maximum absolute atomic E-state index is 12.3. The zero-order valence-corrected chi connectivity index (χ0v) is 37.0. The lowest BCUT2D eigenvalue weighted by Gasteiger charge is -2.14. The predicted molar refractivity (Wildman–Crippen MR) is 230 cm³/mol. The minimum absolute atomic E-state index is 0.0184. The number of carbonyl (C=O) groups is 7. The molecule has 7 N–H and O–H groups in total. The second-order valence-electron chi connectivity index (χ2n) is 15.0. The summed E-state index contributed by atoms with van der Waals surface area (Å²) < 4.78 is 21.3. The molecular formula is C43H79N5O13. The summed E-state index contributed by atoms with van der Waals surface area (Å²) in [5, 5.41) is 31.5. The van der Waals surface area contributed by atoms with E-state index in [2.05, 4.69) is 33.5 Å². The molecule has 0 unspecified atom stereocenters. The first-order valence-corrected chi connectivity index (χ1v) is 22.7. The molecule has 0 aromatic heterocycles. The third-order valence-corrected chi connectivity index (χ3v) is 9.44. The summed E-state index contributed by atoms with van der Waals surface area (Å²) in [6, 6.07) is -1.14. The highest BCUT2D eigenvalue weighted by atomic mass is 16.5. The van der Waals surface area contributed by atoms with Crippen LogP contribution in [0.5, 0.6) is 0 Å². The average Bonchev–Trinajstić information content (AvgIpc) is 3.22. The fourth-order valence-corrected chi connectivity index (χ4v) is 5.94. The molecule has 0 saturated carbocycles. The molecule has 18 heteroatoms. The van der Waals surface area contributed by atoms with Crippen LogP contribution in [0.3, 0.4) is 0 Å². The molecule has 5 amide bonds. The first-order chi connectivity index (χ1) is 29.5. The predicted octanol–water partition coefficient (Wildman–Crippen LogP) is 3.77. The van der Waals surface area contributed by atoms with Gasteiger partial charge in [0.05, 0.1) is 39.6 Å². The van der Waals surface area contributed by atoms with Gasteiger partial charge in [-0.15, -0.1) is 0 Å². The highest BCUT2D eigenvalue weighted by Crippen LogP contribution is 2.14. The van der Waals surface area contributed by atoms with Crippen molar-refractivity contribution in [1.29, 1.82) is 0 Å². The van der Waals surface area contributed by atoms with Gasteiger partial charge < -0.3 is 55.7 Å². The van der Waals surface area contributed by atoms with Crippen LogP contribution in [0.2, 0.25) is 0 Å². The lowest BCUT2D eigenvalue weighted by atomic mass is 10.0. The van der Waals surface area contributed by atoms with Gasteiger partial charge in [0.2, 0.25) is 29.5 Å². The number of aliphatic carboxylic acids is 2. The molecule has 0 aliphatic heterocycles. The lowest BCUT2D eigenvalue weighted by molar-refractivity contribution is -0.142. The van der Waals surface area contributed by atoms with E-state index in [0.717, 1.165) is 51.4 Å². The smallest absolute Gasteiger partial charge is 0.326 e. The number of hydrogen-bond donors (Lipinski definition) is 7. The van der Waals surface area contributed by atoms with Gasteiger partial charge in [-0.25, -0.2) is 4.79 Å². The Morgan fingerprint density at radius 1 is 0.410 bits per heavy atom. The van der Waals surface area contributed by atoms with E-state index in [1.165, 1.54) is 44.9 Å². The van der Waals surface area contributed by atoms with Gasteiger partial charge in [0.25, 0.3) is 0 Å². The summed E-state index contributed by atoms with van der Waals surface area (Å²) in [6.07, 6.45) is 18.4. The van der Waals surface area contributed by atoms with Gasteiger partial charge in [-0.05, 0) is 32.1 Å². The number of amides is 5. The highest BCUT2D eigenvalue weighted by molar-refractivity contribution is 5.84. The number of unbranched alkanes of at least 4 members (excludes halogenated alkanes) is 14. The average molecular weight is 874 g/mol. The van der Waals surface area contributed by atoms with Crippen LogP contribution in [0.25, 0.3) is 0 Å². The summed E-state index contributed by atoms with van der Waals surface area (Å²) in [7, 11) is 0. The van der Waals surface area contributed by atoms with E-state index in [1.54, 1.807) is 0 Å². The van der Waals surface area contributed by atoms with Gasteiger partial charge >= 0.3 is 11.9 Å². The zero-order chi connectivity index (χ0) is 45.0. The minimum atomic E-state index is -1.18. The third kappa shape index (κ3) is 42.6. The van der Waals surface area contributed by atoms with E-state index < -0.39 is 18.0 Å². The molecule has 0 saturated heterocycles. The molecule has 0 aromatic rings. The van der Waals surface area contributed by atoms with Crippen molar-refractivity contribution in [3.8, 4) is 0 Å². The Hall–Kier alpha value is -3.87. The van der Waals surface area contributed by atoms with E-state index >= 15 is 0 Å². The Bertz CT molecular complexity index is 1180. The van der Waals surface area contributed by atoms with Crippen molar-refractivity contribution in [3.05, 3.63) is 0 Å². The van der Waals surface area contributed by atoms with Crippen LogP contribution in [0.4, 0.5) is 0 Å². The van der Waals surface area contributed by atoms with E-state index in [-0.39, 0.29) is 121 Å². The molecule has 0 radical (unpaired) electrons. The highest BCUT2D eigenvalue weighted by Gasteiger charge is 2.20. The normalized spacial score (nSPS) is 11.4. The minimum Gasteiger partial charge on any atom is -0.481 e. The van der Waals surface area contributed by atoms with Gasteiger partial charge in [-0.3, -0.25) is 28.8 Å². The number of carboxylic acid groups (broad SMARTS) is 2. The van der Waals surface area contributed by atoms with Crippen molar-refractivity contribution in [2.75, 3.05) is 79.0 Å². The van der Waals surface area contributed by atoms with Crippen LogP contribution < -0.4 is 26.6 Å². The van der Waals surface area contributed by atoms with Crippen LogP contribution in [0.1, 0.15) is 148 Å². The lowest BCUT2D eigenvalue weighted by Crippen LogP contribution is -2.41. The fraction of sp³-hybridized carbons (Fsp3) is 0.837. The molecule has 0 fully saturated rings. The Labute approximate surface area is 363 Å². The monoisotopic (exact) mass is 874 g/mol. The number of carbonyl (C=O) groups excluding carboxylic acids is 5. The summed E-state index contributed by atoms with van der Waals surface area (Å²) in [6.45, 7) is 4.64. The van der Waals surface area contributed by atoms with Crippen molar-refractivity contribution in [2.24, 2.45) is 0 Å². The first kappa shape index (κ1) is 57.1. The standard InChI is InChI=1S/C43H79N5O13/c1-2-3-24-44-37(49)20-18-25-45-40(52)34-60-32-31-59-29-27-47-41(53)35-61-33-30-58-28-26-46-38(50)23-22-36(43(56)57)48-39(51)19-16-14-12-10-8-6-4-5-7-9-11-13-15-17-21-42(54)55/h36H,2-35H2,1H3,(H,44,49)(H,45,52)(H,46,50)(H,47,53)(H,48,51)(H,54,55)(H,56,57)/t36-/m0/s1. The van der Waals surface area contributed by atoms with Gasteiger partial charge in [-0.1, -0.05) is 90.4 Å². The van der Waals surface area contributed by atoms with Gasteiger partial charge in [-0.2, -0.15) is 0 Å². The molecule has 61 heavy (non-hydrogen) atoms. The number of rotatable bonds is 45. The molecule has 354 valence electrons. The molecule has 0 spiro atoms. The molecule has 0 bridgehead atoms. The van der Waals surface area contributed by atoms with Crippen molar-refractivity contribution < 1.29 is 62.7 Å². The van der Waals surface area contributed by atoms with E-state index in [4.69, 9.17) is 24.1 Å². The molecule has 0 aliphatic rings. The van der Waals surface area contributed by atoms with Crippen LogP contribution in [0.15, 0.2) is 0 Å². The van der Waals surface area contributed by atoms with Crippen molar-refractivity contribution in [1.82, 2.24) is 26.6 Å². The van der Waals surface area contributed by atoms with E-state index in [9.17, 15) is 38.7 Å². The Kier molecular flexibility index (Phi) is 40.1. The topological polar surface area (TPSA) is 257 Å². The van der Waals surface area contributed by atoms with Crippen molar-refractivity contribution in [3.63, 3.8) is 0 Å². The van der Waals surface area contributed by atoms with Crippen molar-refractivity contribution in [2.45, 2.75) is 154 Å². The Morgan fingerprint density at radius 3 is 1.30 bits per heavy atom. The number of nitrogens with one attached hydrogen (secondary N) is 5. The van der Waals surface area contributed by atoms with Gasteiger partial charge in [0.15, 0.2) is 0 Å². The second-order valence-corrected chi connectivity index (χ2v) is 15.0.